The Morgan fingerprint density at radius 2 is 1.39 bits per heavy atom. The van der Waals surface area contributed by atoms with E-state index in [-0.39, 0.29) is 23.4 Å². The molecule has 0 spiro atoms. The Balaban J connectivity index is 1.27. The van der Waals surface area contributed by atoms with Gasteiger partial charge in [-0.2, -0.15) is 0 Å². The number of rotatable bonds is 7. The molecule has 2 aromatic rings. The summed E-state index contributed by atoms with van der Waals surface area (Å²) in [6.45, 7) is 9.62. The molecule has 3 aliphatic carbocycles. The van der Waals surface area contributed by atoms with Crippen LogP contribution in [-0.2, 0) is 14.9 Å². The van der Waals surface area contributed by atoms with Crippen molar-refractivity contribution in [1.29, 1.82) is 0 Å². The number of carbonyl (C=O) groups excluding carboxylic acids is 1. The molecule has 0 unspecified atom stereocenters. The van der Waals surface area contributed by atoms with Crippen molar-refractivity contribution in [3.63, 3.8) is 0 Å². The first kappa shape index (κ1) is 25.3. The van der Waals surface area contributed by atoms with Gasteiger partial charge < -0.3 is 14.2 Å². The molecule has 2 aromatic carbocycles. The van der Waals surface area contributed by atoms with Crippen molar-refractivity contribution in [2.24, 2.45) is 11.8 Å². The average molecular weight is 491 g/mol. The van der Waals surface area contributed by atoms with Gasteiger partial charge in [0, 0.05) is 12.0 Å². The minimum atomic E-state index is -0.182. The first-order valence-corrected chi connectivity index (χ1v) is 14.2. The number of hydrogen-bond acceptors (Lipinski definition) is 4. The third-order valence-electron chi connectivity index (χ3n) is 8.92. The Morgan fingerprint density at radius 1 is 0.806 bits per heavy atom. The molecule has 5 rings (SSSR count). The fourth-order valence-electron chi connectivity index (χ4n) is 6.58. The lowest BCUT2D eigenvalue weighted by Crippen LogP contribution is -2.28. The first-order valence-electron chi connectivity index (χ1n) is 14.2. The van der Waals surface area contributed by atoms with Gasteiger partial charge in [-0.1, -0.05) is 39.3 Å². The smallest absolute Gasteiger partial charge is 0.314 e. The van der Waals surface area contributed by atoms with Crippen molar-refractivity contribution in [3.8, 4) is 22.6 Å². The van der Waals surface area contributed by atoms with Gasteiger partial charge in [-0.05, 0) is 111 Å². The number of hydrogen-bond donors (Lipinski definition) is 0. The molecule has 194 valence electrons. The van der Waals surface area contributed by atoms with Crippen LogP contribution in [-0.4, -0.2) is 24.8 Å². The van der Waals surface area contributed by atoms with Gasteiger partial charge in [-0.25, -0.2) is 0 Å². The number of benzene rings is 2. The fraction of sp³-hybridized carbons (Fsp3) is 0.594. The molecule has 0 N–H and O–H groups in total. The summed E-state index contributed by atoms with van der Waals surface area (Å²) >= 11 is 0. The largest absolute Gasteiger partial charge is 0.490 e. The van der Waals surface area contributed by atoms with Crippen LogP contribution in [0, 0.1) is 11.8 Å². The summed E-state index contributed by atoms with van der Waals surface area (Å²) in [5.41, 5.74) is 4.78. The second-order valence-corrected chi connectivity index (χ2v) is 11.6. The standard InChI is InChI=1S/C32H42O4/c1-5-21-7-9-22(10-8-21)31(33)36-26-16-18-28-27-17-15-25(19-29(27)32(3,4)30(28)20-26)35-24-13-11-23(12-14-24)34-6-2/h15-24H,5-14H2,1-4H3. The maximum atomic E-state index is 12.9. The molecule has 2 saturated carbocycles. The van der Waals surface area contributed by atoms with Crippen LogP contribution in [0.5, 0.6) is 11.5 Å². The summed E-state index contributed by atoms with van der Waals surface area (Å²) in [7, 11) is 0. The highest BCUT2D eigenvalue weighted by Crippen LogP contribution is 2.50. The van der Waals surface area contributed by atoms with E-state index in [2.05, 4.69) is 58.0 Å². The molecule has 0 aliphatic heterocycles. The molecule has 0 saturated heterocycles. The molecule has 0 atom stereocenters. The van der Waals surface area contributed by atoms with E-state index in [9.17, 15) is 4.79 Å². The lowest BCUT2D eigenvalue weighted by molar-refractivity contribution is -0.140. The molecule has 3 aliphatic rings. The van der Waals surface area contributed by atoms with Gasteiger partial charge in [-0.3, -0.25) is 4.79 Å². The van der Waals surface area contributed by atoms with Gasteiger partial charge in [0.15, 0.2) is 0 Å². The van der Waals surface area contributed by atoms with Crippen molar-refractivity contribution < 1.29 is 19.0 Å². The minimum absolute atomic E-state index is 0.0366. The molecule has 0 bridgehead atoms. The van der Waals surface area contributed by atoms with Crippen molar-refractivity contribution in [1.82, 2.24) is 0 Å². The van der Waals surface area contributed by atoms with E-state index >= 15 is 0 Å². The third-order valence-corrected chi connectivity index (χ3v) is 8.92. The number of esters is 1. The lowest BCUT2D eigenvalue weighted by atomic mass is 9.81. The van der Waals surface area contributed by atoms with E-state index in [1.165, 1.54) is 28.7 Å². The second kappa shape index (κ2) is 10.6. The van der Waals surface area contributed by atoms with Crippen molar-refractivity contribution >= 4 is 5.97 Å². The molecule has 0 amide bonds. The Morgan fingerprint density at radius 3 is 2.00 bits per heavy atom. The average Bonchev–Trinajstić information content (AvgIpc) is 3.11. The molecule has 0 heterocycles. The number of fused-ring (bicyclic) bond motifs is 3. The second-order valence-electron chi connectivity index (χ2n) is 11.6. The highest BCUT2D eigenvalue weighted by atomic mass is 16.5. The Kier molecular flexibility index (Phi) is 7.44. The van der Waals surface area contributed by atoms with E-state index in [4.69, 9.17) is 14.2 Å². The maximum Gasteiger partial charge on any atom is 0.314 e. The predicted octanol–water partition coefficient (Wildman–Crippen LogP) is 7.84. The fourth-order valence-corrected chi connectivity index (χ4v) is 6.58. The normalized spacial score (nSPS) is 26.7. The zero-order chi connectivity index (χ0) is 25.3. The van der Waals surface area contributed by atoms with E-state index < -0.39 is 0 Å². The van der Waals surface area contributed by atoms with Crippen LogP contribution < -0.4 is 9.47 Å². The van der Waals surface area contributed by atoms with Crippen molar-refractivity contribution in [3.05, 3.63) is 47.5 Å². The SMILES string of the molecule is CCOC1CCC(Oc2ccc3c(c2)C(C)(C)c2cc(OC(=O)C4CCC(CC)CC4)ccc2-3)CC1. The van der Waals surface area contributed by atoms with Crippen LogP contribution in [0.3, 0.4) is 0 Å². The third kappa shape index (κ3) is 5.07. The van der Waals surface area contributed by atoms with Crippen LogP contribution in [0.25, 0.3) is 11.1 Å². The molecular weight excluding hydrogens is 448 g/mol. The summed E-state index contributed by atoms with van der Waals surface area (Å²) in [4.78, 5) is 12.9. The van der Waals surface area contributed by atoms with Crippen LogP contribution in [0.15, 0.2) is 36.4 Å². The molecule has 4 nitrogen and oxygen atoms in total. The number of carbonyl (C=O) groups is 1. The molecular formula is C32H42O4. The summed E-state index contributed by atoms with van der Waals surface area (Å²) in [6.07, 6.45) is 10.3. The van der Waals surface area contributed by atoms with Crippen LogP contribution in [0.2, 0.25) is 0 Å². The van der Waals surface area contributed by atoms with Gasteiger partial charge in [0.25, 0.3) is 0 Å². The summed E-state index contributed by atoms with van der Waals surface area (Å²) in [5.74, 6) is 2.36. The van der Waals surface area contributed by atoms with E-state index in [0.717, 1.165) is 69.6 Å². The van der Waals surface area contributed by atoms with E-state index in [1.54, 1.807) is 0 Å². The minimum Gasteiger partial charge on any atom is -0.490 e. The van der Waals surface area contributed by atoms with Gasteiger partial charge in [-0.15, -0.1) is 0 Å². The lowest BCUT2D eigenvalue weighted by Gasteiger charge is -2.29. The zero-order valence-corrected chi connectivity index (χ0v) is 22.5. The van der Waals surface area contributed by atoms with Crippen LogP contribution in [0.1, 0.15) is 96.6 Å². The number of ether oxygens (including phenoxy) is 3. The highest BCUT2D eigenvalue weighted by Gasteiger charge is 2.37. The Labute approximate surface area is 216 Å². The van der Waals surface area contributed by atoms with Gasteiger partial charge >= 0.3 is 5.97 Å². The molecule has 0 radical (unpaired) electrons. The monoisotopic (exact) mass is 490 g/mol. The molecule has 36 heavy (non-hydrogen) atoms. The Hall–Kier alpha value is -2.33. The highest BCUT2D eigenvalue weighted by molar-refractivity contribution is 5.83. The van der Waals surface area contributed by atoms with Crippen molar-refractivity contribution in [2.75, 3.05) is 6.61 Å². The van der Waals surface area contributed by atoms with E-state index in [0.29, 0.717) is 11.9 Å². The van der Waals surface area contributed by atoms with Crippen LogP contribution >= 0.6 is 0 Å². The molecule has 2 fully saturated rings. The summed E-state index contributed by atoms with van der Waals surface area (Å²) in [6, 6.07) is 12.7. The first-order chi connectivity index (χ1) is 17.4. The van der Waals surface area contributed by atoms with Crippen LogP contribution in [0.4, 0.5) is 0 Å². The van der Waals surface area contributed by atoms with Gasteiger partial charge in [0.1, 0.15) is 11.5 Å². The maximum absolute atomic E-state index is 12.9. The molecule has 0 aromatic heterocycles. The summed E-state index contributed by atoms with van der Waals surface area (Å²) < 4.78 is 18.1. The molecule has 4 heteroatoms. The predicted molar refractivity (Wildman–Crippen MR) is 144 cm³/mol. The van der Waals surface area contributed by atoms with Crippen molar-refractivity contribution in [2.45, 2.75) is 103 Å². The van der Waals surface area contributed by atoms with Gasteiger partial charge in [0.2, 0.25) is 0 Å². The quantitative estimate of drug-likeness (QED) is 0.293. The van der Waals surface area contributed by atoms with Gasteiger partial charge in [0.05, 0.1) is 18.1 Å². The zero-order valence-electron chi connectivity index (χ0n) is 22.5. The Bertz CT molecular complexity index is 1070. The summed E-state index contributed by atoms with van der Waals surface area (Å²) in [5, 5.41) is 0. The van der Waals surface area contributed by atoms with E-state index in [1.807, 2.05) is 6.07 Å². The topological polar surface area (TPSA) is 44.8 Å².